The summed E-state index contributed by atoms with van der Waals surface area (Å²) in [4.78, 5) is 15.6. The quantitative estimate of drug-likeness (QED) is 0.502. The zero-order chi connectivity index (χ0) is 15.5. The van der Waals surface area contributed by atoms with E-state index >= 15 is 0 Å². The fraction of sp³-hybridized carbons (Fsp3) is 0.0588. The molecule has 0 aliphatic carbocycles. The number of hydrogen-bond acceptors (Lipinski definition) is 3. The van der Waals surface area contributed by atoms with E-state index in [0.717, 1.165) is 10.9 Å². The molecule has 0 aliphatic rings. The number of alkyl halides is 1. The number of halogens is 2. The molecule has 3 rings (SSSR count). The number of ether oxygens (including phenoxy) is 1. The summed E-state index contributed by atoms with van der Waals surface area (Å²) in [6.07, 6.45) is 0. The number of para-hydroxylation sites is 1. The SMILES string of the molecule is O=C(Cl)c1cc(OC(Cl)c2ccccc2)c2ccccc2n1. The molecule has 0 bridgehead atoms. The molecule has 1 heterocycles. The topological polar surface area (TPSA) is 39.2 Å². The Morgan fingerprint density at radius 3 is 2.45 bits per heavy atom. The van der Waals surface area contributed by atoms with Gasteiger partial charge in [0.2, 0.25) is 0 Å². The number of carbonyl (C=O) groups excluding carboxylic acids is 1. The van der Waals surface area contributed by atoms with Crippen molar-refractivity contribution in [3.05, 3.63) is 71.9 Å². The number of fused-ring (bicyclic) bond motifs is 1. The van der Waals surface area contributed by atoms with Gasteiger partial charge in [-0.25, -0.2) is 4.98 Å². The van der Waals surface area contributed by atoms with Crippen LogP contribution in [0.1, 0.15) is 21.6 Å². The summed E-state index contributed by atoms with van der Waals surface area (Å²) in [5, 5.41) is 0.132. The van der Waals surface area contributed by atoms with Crippen molar-refractivity contribution in [1.29, 1.82) is 0 Å². The molecule has 3 aromatic rings. The molecule has 1 atom stereocenters. The van der Waals surface area contributed by atoms with Gasteiger partial charge in [-0.2, -0.15) is 0 Å². The highest BCUT2D eigenvalue weighted by Crippen LogP contribution is 2.31. The summed E-state index contributed by atoms with van der Waals surface area (Å²) in [5.41, 5.74) is 0.905. The number of hydrogen-bond donors (Lipinski definition) is 0. The highest BCUT2D eigenvalue weighted by Gasteiger charge is 2.15. The van der Waals surface area contributed by atoms with Gasteiger partial charge in [0.1, 0.15) is 11.4 Å². The Kier molecular flexibility index (Phi) is 4.27. The van der Waals surface area contributed by atoms with Crippen molar-refractivity contribution in [2.45, 2.75) is 5.56 Å². The van der Waals surface area contributed by atoms with E-state index in [2.05, 4.69) is 4.98 Å². The van der Waals surface area contributed by atoms with Crippen molar-refractivity contribution < 1.29 is 9.53 Å². The van der Waals surface area contributed by atoms with Crippen LogP contribution in [-0.4, -0.2) is 10.2 Å². The van der Waals surface area contributed by atoms with Crippen molar-refractivity contribution in [2.75, 3.05) is 0 Å². The minimum Gasteiger partial charge on any atom is -0.469 e. The highest BCUT2D eigenvalue weighted by atomic mass is 35.5. The molecule has 0 N–H and O–H groups in total. The normalized spacial score (nSPS) is 12.1. The van der Waals surface area contributed by atoms with Gasteiger partial charge >= 0.3 is 0 Å². The van der Waals surface area contributed by atoms with Gasteiger partial charge in [-0.1, -0.05) is 54.1 Å². The fourth-order valence-electron chi connectivity index (χ4n) is 2.13. The molecule has 110 valence electrons. The lowest BCUT2D eigenvalue weighted by molar-refractivity contribution is 0.107. The van der Waals surface area contributed by atoms with Crippen molar-refractivity contribution in [3.63, 3.8) is 0 Å². The zero-order valence-corrected chi connectivity index (χ0v) is 12.9. The first-order chi connectivity index (χ1) is 10.6. The van der Waals surface area contributed by atoms with Crippen LogP contribution in [0.15, 0.2) is 60.7 Å². The van der Waals surface area contributed by atoms with E-state index in [1.54, 1.807) is 6.07 Å². The number of benzene rings is 2. The molecular weight excluding hydrogens is 321 g/mol. The van der Waals surface area contributed by atoms with E-state index in [-0.39, 0.29) is 5.69 Å². The Balaban J connectivity index is 2.04. The maximum Gasteiger partial charge on any atom is 0.270 e. The van der Waals surface area contributed by atoms with E-state index in [0.29, 0.717) is 11.3 Å². The molecule has 0 saturated carbocycles. The van der Waals surface area contributed by atoms with E-state index in [1.165, 1.54) is 6.07 Å². The highest BCUT2D eigenvalue weighted by molar-refractivity contribution is 6.67. The maximum absolute atomic E-state index is 11.4. The molecule has 22 heavy (non-hydrogen) atoms. The van der Waals surface area contributed by atoms with E-state index in [9.17, 15) is 4.79 Å². The van der Waals surface area contributed by atoms with Crippen LogP contribution >= 0.6 is 23.2 Å². The van der Waals surface area contributed by atoms with Crippen molar-refractivity contribution in [2.24, 2.45) is 0 Å². The zero-order valence-electron chi connectivity index (χ0n) is 11.4. The summed E-state index contributed by atoms with van der Waals surface area (Å²) < 4.78 is 5.82. The summed E-state index contributed by atoms with van der Waals surface area (Å²) >= 11 is 11.9. The first-order valence-electron chi connectivity index (χ1n) is 6.60. The van der Waals surface area contributed by atoms with Gasteiger partial charge in [-0.15, -0.1) is 0 Å². The fourth-order valence-corrected chi connectivity index (χ4v) is 2.46. The Labute approximate surface area is 137 Å². The van der Waals surface area contributed by atoms with E-state index in [1.807, 2.05) is 48.5 Å². The standard InChI is InChI=1S/C17H11Cl2NO2/c18-16(21)14-10-15(12-8-4-5-9-13(12)20-14)22-17(19)11-6-2-1-3-7-11/h1-10,17H. The summed E-state index contributed by atoms with van der Waals surface area (Å²) in [5.74, 6) is 0.471. The molecule has 5 heteroatoms. The summed E-state index contributed by atoms with van der Waals surface area (Å²) in [7, 11) is 0. The minimum atomic E-state index is -0.676. The Morgan fingerprint density at radius 2 is 1.73 bits per heavy atom. The van der Waals surface area contributed by atoms with Crippen LogP contribution in [0.4, 0.5) is 0 Å². The molecule has 0 aliphatic heterocycles. The molecule has 1 aromatic heterocycles. The van der Waals surface area contributed by atoms with Crippen LogP contribution in [0.2, 0.25) is 0 Å². The van der Waals surface area contributed by atoms with E-state index in [4.69, 9.17) is 27.9 Å². The second-order valence-corrected chi connectivity index (χ2v) is 5.38. The third-order valence-electron chi connectivity index (χ3n) is 3.17. The van der Waals surface area contributed by atoms with Crippen LogP contribution in [0.5, 0.6) is 5.75 Å². The van der Waals surface area contributed by atoms with Crippen LogP contribution in [-0.2, 0) is 0 Å². The average molecular weight is 332 g/mol. The van der Waals surface area contributed by atoms with Crippen LogP contribution in [0.25, 0.3) is 10.9 Å². The predicted molar refractivity (Wildman–Crippen MR) is 87.6 cm³/mol. The molecule has 1 unspecified atom stereocenters. The first kappa shape index (κ1) is 14.8. The molecule has 0 radical (unpaired) electrons. The number of pyridine rings is 1. The van der Waals surface area contributed by atoms with Gasteiger partial charge < -0.3 is 4.74 Å². The summed E-state index contributed by atoms with van der Waals surface area (Å²) in [6.45, 7) is 0. The molecule has 2 aromatic carbocycles. The monoisotopic (exact) mass is 331 g/mol. The molecule has 0 amide bonds. The molecule has 3 nitrogen and oxygen atoms in total. The lowest BCUT2D eigenvalue weighted by Gasteiger charge is -2.15. The van der Waals surface area contributed by atoms with Gasteiger partial charge in [0.25, 0.3) is 5.24 Å². The third kappa shape index (κ3) is 3.06. The summed E-state index contributed by atoms with van der Waals surface area (Å²) in [6, 6.07) is 18.3. The Bertz CT molecular complexity index is 821. The van der Waals surface area contributed by atoms with Crippen LogP contribution in [0, 0.1) is 0 Å². The molecule has 0 spiro atoms. The van der Waals surface area contributed by atoms with Gasteiger partial charge in [0.05, 0.1) is 5.52 Å². The largest absolute Gasteiger partial charge is 0.469 e. The van der Waals surface area contributed by atoms with Gasteiger partial charge in [-0.3, -0.25) is 4.79 Å². The predicted octanol–water partition coefficient (Wildman–Crippen LogP) is 4.93. The number of carbonyl (C=O) groups is 1. The molecular formula is C17H11Cl2NO2. The lowest BCUT2D eigenvalue weighted by Crippen LogP contribution is -2.03. The Morgan fingerprint density at radius 1 is 1.05 bits per heavy atom. The minimum absolute atomic E-state index is 0.132. The number of rotatable bonds is 4. The van der Waals surface area contributed by atoms with Gasteiger partial charge in [0, 0.05) is 17.0 Å². The second kappa shape index (κ2) is 6.34. The van der Waals surface area contributed by atoms with Crippen LogP contribution < -0.4 is 4.74 Å². The van der Waals surface area contributed by atoms with Crippen molar-refractivity contribution in [3.8, 4) is 5.75 Å². The van der Waals surface area contributed by atoms with Crippen molar-refractivity contribution >= 4 is 39.3 Å². The molecule has 0 saturated heterocycles. The number of aromatic nitrogens is 1. The lowest BCUT2D eigenvalue weighted by atomic mass is 10.2. The smallest absolute Gasteiger partial charge is 0.270 e. The average Bonchev–Trinajstić information content (AvgIpc) is 2.55. The third-order valence-corrected chi connectivity index (χ3v) is 3.71. The molecule has 0 fully saturated rings. The second-order valence-electron chi connectivity index (χ2n) is 4.64. The maximum atomic E-state index is 11.4. The Hall–Kier alpha value is -2.10. The van der Waals surface area contributed by atoms with Crippen LogP contribution in [0.3, 0.4) is 0 Å². The first-order valence-corrected chi connectivity index (χ1v) is 7.42. The van der Waals surface area contributed by atoms with Gasteiger partial charge in [0.15, 0.2) is 5.56 Å². The van der Waals surface area contributed by atoms with Crippen molar-refractivity contribution in [1.82, 2.24) is 4.98 Å². The van der Waals surface area contributed by atoms with Gasteiger partial charge in [-0.05, 0) is 23.7 Å². The number of nitrogens with zero attached hydrogens (tertiary/aromatic N) is 1. The van der Waals surface area contributed by atoms with E-state index < -0.39 is 10.8 Å².